The van der Waals surface area contributed by atoms with Gasteiger partial charge in [-0.15, -0.1) is 0 Å². The Morgan fingerprint density at radius 1 is 0.271 bits per heavy atom. The van der Waals surface area contributed by atoms with E-state index in [0.29, 0.717) is 17.8 Å². The molecule has 0 fully saturated rings. The third kappa shape index (κ3) is 4.15. The molecule has 3 aliphatic rings. The molecule has 0 aliphatic heterocycles. The normalized spacial score (nSPS) is 17.6. The lowest BCUT2D eigenvalue weighted by Crippen LogP contribution is -2.09. The van der Waals surface area contributed by atoms with Gasteiger partial charge in [-0.1, -0.05) is 164 Å². The van der Waals surface area contributed by atoms with Gasteiger partial charge in [0.25, 0.3) is 0 Å². The van der Waals surface area contributed by atoms with Crippen LogP contribution in [-0.2, 0) is 19.3 Å². The summed E-state index contributed by atoms with van der Waals surface area (Å²) >= 11 is 0. The zero-order valence-corrected chi connectivity index (χ0v) is 26.9. The van der Waals surface area contributed by atoms with E-state index < -0.39 is 0 Å². The van der Waals surface area contributed by atoms with Crippen LogP contribution in [0.1, 0.15) is 67.8 Å². The molecule has 0 heteroatoms. The maximum absolute atomic E-state index is 2.42. The minimum Gasteiger partial charge on any atom is -0.0622 e. The van der Waals surface area contributed by atoms with Gasteiger partial charge in [-0.3, -0.25) is 0 Å². The van der Waals surface area contributed by atoms with E-state index in [1.165, 1.54) is 66.8 Å². The molecule has 0 unspecified atom stereocenters. The van der Waals surface area contributed by atoms with Gasteiger partial charge in [-0.05, 0) is 103 Å². The molecule has 0 saturated carbocycles. The van der Waals surface area contributed by atoms with Crippen LogP contribution in [0, 0.1) is 0 Å². The van der Waals surface area contributed by atoms with Crippen molar-refractivity contribution in [2.45, 2.75) is 37.0 Å². The Labute approximate surface area is 283 Å². The molecule has 0 aromatic heterocycles. The number of benzene rings is 7. The molecule has 0 bridgehead atoms. The maximum Gasteiger partial charge on any atom is 0.0148 e. The molecule has 0 heterocycles. The fourth-order valence-corrected chi connectivity index (χ4v) is 9.46. The Morgan fingerprint density at radius 2 is 0.521 bits per heavy atom. The summed E-state index contributed by atoms with van der Waals surface area (Å²) in [6.07, 6.45) is 2.99. The van der Waals surface area contributed by atoms with Crippen LogP contribution in [-0.4, -0.2) is 0 Å². The second-order valence-electron chi connectivity index (χ2n) is 13.9. The quantitative estimate of drug-likeness (QED) is 0.175. The molecule has 7 aromatic carbocycles. The average molecular weight is 613 g/mol. The molecule has 0 radical (unpaired) electrons. The SMILES string of the molecule is c1ccc(C[C@@H]2c3ccccc3-c3c2c2c(c4c3[C@H](Cc3ccccc3)c3ccccc3-4)[C@H](Cc3ccccc3)c3ccccc3-2)cc1. The van der Waals surface area contributed by atoms with Crippen LogP contribution in [0.15, 0.2) is 164 Å². The first-order chi connectivity index (χ1) is 23.8. The molecule has 0 nitrogen and oxygen atoms in total. The largest absolute Gasteiger partial charge is 0.0622 e. The molecular formula is C48H36. The number of rotatable bonds is 6. The van der Waals surface area contributed by atoms with E-state index >= 15 is 0 Å². The summed E-state index contributed by atoms with van der Waals surface area (Å²) in [6.45, 7) is 0. The summed E-state index contributed by atoms with van der Waals surface area (Å²) in [5, 5.41) is 0. The summed E-state index contributed by atoms with van der Waals surface area (Å²) in [6, 6.07) is 61.5. The first-order valence-electron chi connectivity index (χ1n) is 17.5. The second-order valence-corrected chi connectivity index (χ2v) is 13.9. The molecule has 48 heavy (non-hydrogen) atoms. The standard InChI is InChI=1S/C48H36/c1-4-16-31(17-5-1)28-40-34-22-10-13-25-37(34)43-46(40)44-38-26-14-11-23-35(38)41(29-32-18-6-2-7-19-32)48(44)45-39-27-15-12-24-36(39)42(47(43)45)30-33-20-8-3-9-21-33/h1-27,40-42H,28-30H2/t40-,41-,42-/m1/s1. The van der Waals surface area contributed by atoms with E-state index in [1.807, 2.05) is 0 Å². The highest BCUT2D eigenvalue weighted by atomic mass is 14.5. The topological polar surface area (TPSA) is 0 Å². The fourth-order valence-electron chi connectivity index (χ4n) is 9.46. The summed E-state index contributed by atoms with van der Waals surface area (Å²) in [5.74, 6) is 0.881. The number of hydrogen-bond acceptors (Lipinski definition) is 0. The van der Waals surface area contributed by atoms with Crippen LogP contribution in [0.3, 0.4) is 0 Å². The van der Waals surface area contributed by atoms with E-state index in [2.05, 4.69) is 164 Å². The number of hydrogen-bond donors (Lipinski definition) is 0. The van der Waals surface area contributed by atoms with Gasteiger partial charge in [-0.2, -0.15) is 0 Å². The molecule has 0 spiro atoms. The van der Waals surface area contributed by atoms with Crippen LogP contribution in [0.5, 0.6) is 0 Å². The highest BCUT2D eigenvalue weighted by Gasteiger charge is 2.46. The highest BCUT2D eigenvalue weighted by molar-refractivity contribution is 6.03. The third-order valence-corrected chi connectivity index (χ3v) is 11.3. The van der Waals surface area contributed by atoms with E-state index in [4.69, 9.17) is 0 Å². The Hall–Kier alpha value is -5.46. The summed E-state index contributed by atoms with van der Waals surface area (Å²) in [5.41, 5.74) is 22.1. The monoisotopic (exact) mass is 612 g/mol. The van der Waals surface area contributed by atoms with E-state index in [1.54, 1.807) is 16.7 Å². The van der Waals surface area contributed by atoms with E-state index in [0.717, 1.165) is 19.3 Å². The van der Waals surface area contributed by atoms with Gasteiger partial charge < -0.3 is 0 Å². The predicted octanol–water partition coefficient (Wildman–Crippen LogP) is 11.8. The van der Waals surface area contributed by atoms with Crippen molar-refractivity contribution >= 4 is 0 Å². The van der Waals surface area contributed by atoms with Crippen molar-refractivity contribution in [1.29, 1.82) is 0 Å². The van der Waals surface area contributed by atoms with Crippen LogP contribution in [0.4, 0.5) is 0 Å². The lowest BCUT2D eigenvalue weighted by molar-refractivity contribution is 0.802. The minimum absolute atomic E-state index is 0.294. The molecule has 228 valence electrons. The maximum atomic E-state index is 2.42. The molecular weight excluding hydrogens is 577 g/mol. The molecule has 7 aromatic rings. The van der Waals surface area contributed by atoms with Crippen molar-refractivity contribution in [2.24, 2.45) is 0 Å². The first-order valence-corrected chi connectivity index (χ1v) is 17.5. The number of fused-ring (bicyclic) bond motifs is 12. The first kappa shape index (κ1) is 27.6. The Balaban J connectivity index is 1.32. The highest BCUT2D eigenvalue weighted by Crippen LogP contribution is 2.65. The summed E-state index contributed by atoms with van der Waals surface area (Å²) in [4.78, 5) is 0. The molecule has 3 aliphatic carbocycles. The van der Waals surface area contributed by atoms with Crippen molar-refractivity contribution in [3.8, 4) is 33.4 Å². The van der Waals surface area contributed by atoms with Crippen molar-refractivity contribution in [3.63, 3.8) is 0 Å². The predicted molar refractivity (Wildman–Crippen MR) is 199 cm³/mol. The van der Waals surface area contributed by atoms with Gasteiger partial charge >= 0.3 is 0 Å². The van der Waals surface area contributed by atoms with E-state index in [9.17, 15) is 0 Å². The van der Waals surface area contributed by atoms with Crippen LogP contribution in [0.25, 0.3) is 33.4 Å². The minimum atomic E-state index is 0.294. The summed E-state index contributed by atoms with van der Waals surface area (Å²) in [7, 11) is 0. The molecule has 0 saturated heterocycles. The molecule has 10 rings (SSSR count). The van der Waals surface area contributed by atoms with Crippen molar-refractivity contribution < 1.29 is 0 Å². The second kappa shape index (κ2) is 11.1. The Bertz CT molecular complexity index is 2030. The van der Waals surface area contributed by atoms with Crippen molar-refractivity contribution in [3.05, 3.63) is 214 Å². The molecule has 3 atom stereocenters. The average Bonchev–Trinajstić information content (AvgIpc) is 3.76. The van der Waals surface area contributed by atoms with Gasteiger partial charge in [0.2, 0.25) is 0 Å². The lowest BCUT2D eigenvalue weighted by atomic mass is 9.78. The third-order valence-electron chi connectivity index (χ3n) is 11.3. The molecule has 0 N–H and O–H groups in total. The Kier molecular flexibility index (Phi) is 6.37. The zero-order chi connectivity index (χ0) is 31.6. The van der Waals surface area contributed by atoms with Gasteiger partial charge in [0.05, 0.1) is 0 Å². The van der Waals surface area contributed by atoms with E-state index in [-0.39, 0.29) is 0 Å². The zero-order valence-electron chi connectivity index (χ0n) is 26.9. The van der Waals surface area contributed by atoms with Gasteiger partial charge in [0, 0.05) is 17.8 Å². The van der Waals surface area contributed by atoms with Gasteiger partial charge in [0.1, 0.15) is 0 Å². The van der Waals surface area contributed by atoms with Gasteiger partial charge in [0.15, 0.2) is 0 Å². The Morgan fingerprint density at radius 3 is 0.812 bits per heavy atom. The fraction of sp³-hybridized carbons (Fsp3) is 0.125. The van der Waals surface area contributed by atoms with Gasteiger partial charge in [-0.25, -0.2) is 0 Å². The smallest absolute Gasteiger partial charge is 0.0148 e. The van der Waals surface area contributed by atoms with Crippen LogP contribution >= 0.6 is 0 Å². The summed E-state index contributed by atoms with van der Waals surface area (Å²) < 4.78 is 0. The molecule has 0 amide bonds. The van der Waals surface area contributed by atoms with Crippen molar-refractivity contribution in [2.75, 3.05) is 0 Å². The van der Waals surface area contributed by atoms with Crippen LogP contribution in [0.2, 0.25) is 0 Å². The van der Waals surface area contributed by atoms with Crippen molar-refractivity contribution in [1.82, 2.24) is 0 Å². The lowest BCUT2D eigenvalue weighted by Gasteiger charge is -2.25. The van der Waals surface area contributed by atoms with Crippen LogP contribution < -0.4 is 0 Å².